The van der Waals surface area contributed by atoms with Crippen molar-refractivity contribution in [3.05, 3.63) is 47.1 Å². The van der Waals surface area contributed by atoms with Crippen molar-refractivity contribution in [1.82, 2.24) is 9.97 Å². The zero-order valence-electron chi connectivity index (χ0n) is 8.39. The van der Waals surface area contributed by atoms with Gasteiger partial charge in [-0.15, -0.1) is 0 Å². The lowest BCUT2D eigenvalue weighted by Crippen LogP contribution is -2.06. The molecule has 0 saturated heterocycles. The molecule has 0 radical (unpaired) electrons. The summed E-state index contributed by atoms with van der Waals surface area (Å²) in [4.78, 5) is 17.8. The lowest BCUT2D eigenvalue weighted by Gasteiger charge is -2.03. The van der Waals surface area contributed by atoms with Crippen LogP contribution < -0.4 is 0 Å². The fraction of sp³-hybridized carbons (Fsp3) is 0. The molecule has 0 bridgehead atoms. The third-order valence-electron chi connectivity index (χ3n) is 2.11. The first kappa shape index (κ1) is 11.5. The molecule has 0 aliphatic heterocycles. The molecule has 4 nitrogen and oxygen atoms in total. The zero-order valence-corrected chi connectivity index (χ0v) is 9.15. The van der Waals surface area contributed by atoms with Crippen LogP contribution in [-0.4, -0.2) is 21.0 Å². The predicted molar refractivity (Wildman–Crippen MR) is 59.4 cm³/mol. The summed E-state index contributed by atoms with van der Waals surface area (Å²) < 4.78 is 13.8. The predicted octanol–water partition coefficient (Wildman–Crippen LogP) is 2.63. The first-order valence-electron chi connectivity index (χ1n) is 4.59. The van der Waals surface area contributed by atoms with Crippen LogP contribution in [0.2, 0.25) is 5.02 Å². The highest BCUT2D eigenvalue weighted by Crippen LogP contribution is 2.23. The number of hydrogen-bond acceptors (Lipinski definition) is 3. The minimum atomic E-state index is -1.43. The SMILES string of the molecule is O=C(O)c1ncnc(-c2ccc(Cl)cc2)c1F. The van der Waals surface area contributed by atoms with E-state index in [0.717, 1.165) is 6.33 Å². The fourth-order valence-corrected chi connectivity index (χ4v) is 1.45. The number of carbonyl (C=O) groups is 1. The normalized spacial score (nSPS) is 10.2. The Bertz CT molecular complexity index is 572. The smallest absolute Gasteiger partial charge is 0.357 e. The van der Waals surface area contributed by atoms with Gasteiger partial charge in [0.1, 0.15) is 12.0 Å². The van der Waals surface area contributed by atoms with E-state index in [2.05, 4.69) is 9.97 Å². The number of benzene rings is 1. The Morgan fingerprint density at radius 3 is 2.47 bits per heavy atom. The van der Waals surface area contributed by atoms with Gasteiger partial charge in [-0.1, -0.05) is 23.7 Å². The number of halogens is 2. The topological polar surface area (TPSA) is 63.1 Å². The van der Waals surface area contributed by atoms with Crippen LogP contribution in [0.15, 0.2) is 30.6 Å². The molecule has 2 rings (SSSR count). The summed E-state index contributed by atoms with van der Waals surface area (Å²) in [5.41, 5.74) is -0.268. The molecule has 0 fully saturated rings. The molecular formula is C11H6ClFN2O2. The molecule has 86 valence electrons. The standard InChI is InChI=1S/C11H6ClFN2O2/c12-7-3-1-6(2-4-7)9-8(13)10(11(16)17)15-5-14-9/h1-5H,(H,16,17). The quantitative estimate of drug-likeness (QED) is 0.892. The van der Waals surface area contributed by atoms with Gasteiger partial charge in [0.05, 0.1) is 0 Å². The molecule has 0 spiro atoms. The molecule has 1 N–H and O–H groups in total. The highest BCUT2D eigenvalue weighted by atomic mass is 35.5. The summed E-state index contributed by atoms with van der Waals surface area (Å²) in [6, 6.07) is 6.25. The highest BCUT2D eigenvalue weighted by molar-refractivity contribution is 6.30. The molecule has 0 unspecified atom stereocenters. The van der Waals surface area contributed by atoms with Gasteiger partial charge in [0, 0.05) is 10.6 Å². The monoisotopic (exact) mass is 252 g/mol. The van der Waals surface area contributed by atoms with Crippen molar-refractivity contribution in [2.75, 3.05) is 0 Å². The molecule has 17 heavy (non-hydrogen) atoms. The van der Waals surface area contributed by atoms with Gasteiger partial charge < -0.3 is 5.11 Å². The van der Waals surface area contributed by atoms with Crippen molar-refractivity contribution in [2.24, 2.45) is 0 Å². The van der Waals surface area contributed by atoms with Gasteiger partial charge in [-0.2, -0.15) is 0 Å². The molecule has 0 aliphatic rings. The minimum Gasteiger partial charge on any atom is -0.476 e. The van der Waals surface area contributed by atoms with Crippen molar-refractivity contribution in [2.45, 2.75) is 0 Å². The van der Waals surface area contributed by atoms with Gasteiger partial charge in [0.15, 0.2) is 11.5 Å². The Morgan fingerprint density at radius 2 is 1.88 bits per heavy atom. The van der Waals surface area contributed by atoms with Crippen molar-refractivity contribution >= 4 is 17.6 Å². The molecule has 0 saturated carbocycles. The zero-order chi connectivity index (χ0) is 12.4. The van der Waals surface area contributed by atoms with Gasteiger partial charge in [-0.3, -0.25) is 0 Å². The Balaban J connectivity index is 2.56. The number of aromatic carboxylic acids is 1. The van der Waals surface area contributed by atoms with Crippen LogP contribution in [0, 0.1) is 5.82 Å². The Morgan fingerprint density at radius 1 is 1.24 bits per heavy atom. The number of carboxylic acid groups (broad SMARTS) is 1. The molecule has 1 heterocycles. The lowest BCUT2D eigenvalue weighted by atomic mass is 10.1. The van der Waals surface area contributed by atoms with E-state index in [1.165, 1.54) is 0 Å². The van der Waals surface area contributed by atoms with Crippen LogP contribution in [0.25, 0.3) is 11.3 Å². The van der Waals surface area contributed by atoms with Gasteiger partial charge in [0.25, 0.3) is 0 Å². The van der Waals surface area contributed by atoms with E-state index in [0.29, 0.717) is 10.6 Å². The number of hydrogen-bond donors (Lipinski definition) is 1. The summed E-state index contributed by atoms with van der Waals surface area (Å²) in [5, 5.41) is 9.23. The van der Waals surface area contributed by atoms with Crippen molar-refractivity contribution < 1.29 is 14.3 Å². The van der Waals surface area contributed by atoms with Crippen LogP contribution >= 0.6 is 11.6 Å². The van der Waals surface area contributed by atoms with Crippen LogP contribution in [0.3, 0.4) is 0 Å². The lowest BCUT2D eigenvalue weighted by molar-refractivity contribution is 0.0684. The Hall–Kier alpha value is -2.01. The molecule has 2 aromatic rings. The summed E-state index contributed by atoms with van der Waals surface area (Å²) in [6.07, 6.45) is 1.01. The summed E-state index contributed by atoms with van der Waals surface area (Å²) in [7, 11) is 0. The maximum atomic E-state index is 13.8. The number of rotatable bonds is 2. The van der Waals surface area contributed by atoms with Gasteiger partial charge in [0.2, 0.25) is 0 Å². The summed E-state index contributed by atoms with van der Waals surface area (Å²) in [5.74, 6) is -2.39. The second kappa shape index (κ2) is 4.47. The molecule has 1 aromatic carbocycles. The van der Waals surface area contributed by atoms with E-state index >= 15 is 0 Å². The van der Waals surface area contributed by atoms with E-state index < -0.39 is 17.5 Å². The molecule has 1 aromatic heterocycles. The highest BCUT2D eigenvalue weighted by Gasteiger charge is 2.17. The molecule has 0 atom stereocenters. The second-order valence-corrected chi connectivity index (χ2v) is 3.63. The number of nitrogens with zero attached hydrogens (tertiary/aromatic N) is 2. The molecule has 0 aliphatic carbocycles. The third-order valence-corrected chi connectivity index (χ3v) is 2.36. The maximum absolute atomic E-state index is 13.8. The average molecular weight is 253 g/mol. The third kappa shape index (κ3) is 2.24. The average Bonchev–Trinajstić information content (AvgIpc) is 2.30. The van der Waals surface area contributed by atoms with Crippen molar-refractivity contribution in [3.63, 3.8) is 0 Å². The van der Waals surface area contributed by atoms with Crippen LogP contribution in [0.1, 0.15) is 10.5 Å². The first-order chi connectivity index (χ1) is 8.09. The van der Waals surface area contributed by atoms with Gasteiger partial charge in [-0.05, 0) is 12.1 Å². The largest absolute Gasteiger partial charge is 0.476 e. The molecule has 0 amide bonds. The molecular weight excluding hydrogens is 247 g/mol. The van der Waals surface area contributed by atoms with Crippen LogP contribution in [0.4, 0.5) is 4.39 Å². The van der Waals surface area contributed by atoms with E-state index in [4.69, 9.17) is 16.7 Å². The van der Waals surface area contributed by atoms with Crippen LogP contribution in [0.5, 0.6) is 0 Å². The van der Waals surface area contributed by atoms with Crippen molar-refractivity contribution in [1.29, 1.82) is 0 Å². The van der Waals surface area contributed by atoms with Crippen LogP contribution in [-0.2, 0) is 0 Å². The van der Waals surface area contributed by atoms with E-state index in [1.54, 1.807) is 24.3 Å². The minimum absolute atomic E-state index is 0.0610. The second-order valence-electron chi connectivity index (χ2n) is 3.20. The Kier molecular flexibility index (Phi) is 3.01. The van der Waals surface area contributed by atoms with Crippen molar-refractivity contribution in [3.8, 4) is 11.3 Å². The Labute approximate surface area is 101 Å². The first-order valence-corrected chi connectivity index (χ1v) is 4.97. The fourth-order valence-electron chi connectivity index (χ4n) is 1.33. The van der Waals surface area contributed by atoms with Gasteiger partial charge in [-0.25, -0.2) is 19.2 Å². The number of carboxylic acids is 1. The maximum Gasteiger partial charge on any atom is 0.357 e. The van der Waals surface area contributed by atoms with E-state index in [9.17, 15) is 9.18 Å². The number of aromatic nitrogens is 2. The van der Waals surface area contributed by atoms with Gasteiger partial charge >= 0.3 is 5.97 Å². The van der Waals surface area contributed by atoms with E-state index in [1.807, 2.05) is 0 Å². The van der Waals surface area contributed by atoms with E-state index in [-0.39, 0.29) is 5.69 Å². The molecule has 6 heteroatoms. The summed E-state index contributed by atoms with van der Waals surface area (Å²) in [6.45, 7) is 0. The summed E-state index contributed by atoms with van der Waals surface area (Å²) >= 11 is 5.70.